The molecule has 6 nitrogen and oxygen atoms in total. The molecule has 2 heterocycles. The van der Waals surface area contributed by atoms with Crippen LogP contribution in [0.2, 0.25) is 0 Å². The van der Waals surface area contributed by atoms with Crippen LogP contribution in [-0.2, 0) is 6.54 Å². The lowest BCUT2D eigenvalue weighted by atomic mass is 10.1. The fraction of sp³-hybridized carbons (Fsp3) is 0.250. The molecule has 0 atom stereocenters. The van der Waals surface area contributed by atoms with E-state index in [0.29, 0.717) is 12.5 Å². The number of hydrogen-bond donors (Lipinski definition) is 2. The summed E-state index contributed by atoms with van der Waals surface area (Å²) in [6.07, 6.45) is 3.66. The van der Waals surface area contributed by atoms with E-state index < -0.39 is 0 Å². The summed E-state index contributed by atoms with van der Waals surface area (Å²) in [5.41, 5.74) is 3.84. The minimum absolute atomic E-state index is 0.497. The molecule has 0 saturated heterocycles. The first-order valence-electron chi connectivity index (χ1n) is 7.42. The maximum atomic E-state index is 4.57. The number of nitrogens with one attached hydrogen (secondary N) is 2. The van der Waals surface area contributed by atoms with E-state index in [4.69, 9.17) is 0 Å². The maximum Gasteiger partial charge on any atom is 0.243 e. The summed E-state index contributed by atoms with van der Waals surface area (Å²) in [4.78, 5) is 10.3. The smallest absolute Gasteiger partial charge is 0.243 e. The summed E-state index contributed by atoms with van der Waals surface area (Å²) in [6, 6.07) is 8.00. The summed E-state index contributed by atoms with van der Waals surface area (Å²) in [5.74, 6) is 0.497. The minimum atomic E-state index is 0.497. The summed E-state index contributed by atoms with van der Waals surface area (Å²) >= 11 is 3.22. The third-order valence-corrected chi connectivity index (χ3v) is 4.94. The van der Waals surface area contributed by atoms with Crippen LogP contribution in [0.5, 0.6) is 0 Å². The molecule has 0 spiro atoms. The number of aromatic nitrogens is 4. The molecule has 3 rings (SSSR count). The van der Waals surface area contributed by atoms with Gasteiger partial charge in [0.15, 0.2) is 0 Å². The van der Waals surface area contributed by atoms with Gasteiger partial charge in [0.25, 0.3) is 0 Å². The number of hydrogen-bond acceptors (Lipinski definition) is 8. The Morgan fingerprint density at radius 3 is 2.75 bits per heavy atom. The molecular formula is C16H18N6S2. The van der Waals surface area contributed by atoms with Crippen LogP contribution in [0.1, 0.15) is 15.6 Å². The van der Waals surface area contributed by atoms with E-state index in [1.165, 1.54) is 4.88 Å². The lowest BCUT2D eigenvalue weighted by Crippen LogP contribution is -2.05. The minimum Gasteiger partial charge on any atom is -0.346 e. The van der Waals surface area contributed by atoms with Crippen molar-refractivity contribution in [2.45, 2.75) is 20.4 Å². The van der Waals surface area contributed by atoms with Crippen molar-refractivity contribution < 1.29 is 0 Å². The van der Waals surface area contributed by atoms with Crippen molar-refractivity contribution in [3.63, 3.8) is 0 Å². The maximum absolute atomic E-state index is 4.57. The average molecular weight is 358 g/mol. The fourth-order valence-electron chi connectivity index (χ4n) is 2.18. The molecule has 0 fully saturated rings. The summed E-state index contributed by atoms with van der Waals surface area (Å²) < 4.78 is 3.26. The Balaban J connectivity index is 1.79. The van der Waals surface area contributed by atoms with Gasteiger partial charge in [-0.15, -0.1) is 16.4 Å². The molecule has 0 saturated carbocycles. The van der Waals surface area contributed by atoms with Gasteiger partial charge in [0, 0.05) is 16.7 Å². The molecule has 2 aromatic heterocycles. The van der Waals surface area contributed by atoms with Crippen LogP contribution < -0.4 is 10.0 Å². The second kappa shape index (κ2) is 7.59. The Kier molecular flexibility index (Phi) is 5.27. The number of rotatable bonds is 6. The normalized spacial score (nSPS) is 10.6. The highest BCUT2D eigenvalue weighted by atomic mass is 32.2. The van der Waals surface area contributed by atoms with Gasteiger partial charge in [-0.2, -0.15) is 5.10 Å². The van der Waals surface area contributed by atoms with Crippen molar-refractivity contribution in [2.24, 2.45) is 0 Å². The first-order chi connectivity index (χ1) is 11.7. The van der Waals surface area contributed by atoms with E-state index in [1.54, 1.807) is 29.5 Å². The Hall–Kier alpha value is -2.19. The van der Waals surface area contributed by atoms with Crippen LogP contribution in [0.3, 0.4) is 0 Å². The van der Waals surface area contributed by atoms with E-state index in [2.05, 4.69) is 37.1 Å². The Morgan fingerprint density at radius 2 is 2.00 bits per heavy atom. The van der Waals surface area contributed by atoms with Crippen molar-refractivity contribution in [3.05, 3.63) is 46.0 Å². The lowest BCUT2D eigenvalue weighted by Gasteiger charge is -2.09. The number of aryl methyl sites for hydroxylation is 2. The zero-order valence-electron chi connectivity index (χ0n) is 13.7. The molecule has 2 N–H and O–H groups in total. The molecule has 0 aliphatic rings. The average Bonchev–Trinajstić information content (AvgIpc) is 2.92. The quantitative estimate of drug-likeness (QED) is 0.647. The number of thiazole rings is 1. The van der Waals surface area contributed by atoms with Crippen LogP contribution >= 0.6 is 23.3 Å². The molecule has 3 aromatic rings. The van der Waals surface area contributed by atoms with Crippen molar-refractivity contribution in [3.8, 4) is 11.3 Å². The Bertz CT molecular complexity index is 813. The molecule has 0 bridgehead atoms. The number of benzene rings is 1. The van der Waals surface area contributed by atoms with E-state index in [0.717, 1.165) is 27.6 Å². The van der Waals surface area contributed by atoms with Crippen LogP contribution in [-0.4, -0.2) is 26.4 Å². The zero-order valence-corrected chi connectivity index (χ0v) is 15.3. The van der Waals surface area contributed by atoms with Gasteiger partial charge in [0.05, 0.1) is 29.8 Å². The predicted molar refractivity (Wildman–Crippen MR) is 101 cm³/mol. The molecular weight excluding hydrogens is 340 g/mol. The summed E-state index contributed by atoms with van der Waals surface area (Å²) in [6.45, 7) is 4.68. The monoisotopic (exact) mass is 358 g/mol. The topological polar surface area (TPSA) is 75.6 Å². The van der Waals surface area contributed by atoms with Crippen molar-refractivity contribution >= 4 is 34.9 Å². The Morgan fingerprint density at radius 1 is 1.17 bits per heavy atom. The molecule has 24 heavy (non-hydrogen) atoms. The summed E-state index contributed by atoms with van der Waals surface area (Å²) in [7, 11) is 0. The predicted octanol–water partition coefficient (Wildman–Crippen LogP) is 3.91. The van der Waals surface area contributed by atoms with E-state index in [-0.39, 0.29) is 0 Å². The van der Waals surface area contributed by atoms with Gasteiger partial charge in [-0.25, -0.2) is 9.97 Å². The zero-order chi connectivity index (χ0) is 16.9. The highest BCUT2D eigenvalue weighted by Crippen LogP contribution is 2.27. The largest absolute Gasteiger partial charge is 0.346 e. The van der Waals surface area contributed by atoms with Crippen LogP contribution in [0.4, 0.5) is 11.6 Å². The highest BCUT2D eigenvalue weighted by Gasteiger charge is 2.09. The molecule has 0 aliphatic heterocycles. The van der Waals surface area contributed by atoms with Crippen molar-refractivity contribution in [2.75, 3.05) is 16.3 Å². The fourth-order valence-corrected chi connectivity index (χ4v) is 3.45. The highest BCUT2D eigenvalue weighted by molar-refractivity contribution is 7.99. The van der Waals surface area contributed by atoms with Crippen LogP contribution in [0, 0.1) is 13.8 Å². The molecule has 124 valence electrons. The summed E-state index contributed by atoms with van der Waals surface area (Å²) in [5, 5.41) is 12.4. The van der Waals surface area contributed by atoms with Crippen LogP contribution in [0.15, 0.2) is 30.5 Å². The third-order valence-electron chi connectivity index (χ3n) is 3.44. The molecule has 8 heteroatoms. The first-order valence-corrected chi connectivity index (χ1v) is 9.46. The van der Waals surface area contributed by atoms with Crippen molar-refractivity contribution in [1.29, 1.82) is 0 Å². The number of para-hydroxylation sites is 1. The second-order valence-electron chi connectivity index (χ2n) is 5.12. The van der Waals surface area contributed by atoms with Gasteiger partial charge in [-0.05, 0) is 19.9 Å². The van der Waals surface area contributed by atoms with E-state index in [9.17, 15) is 0 Å². The lowest BCUT2D eigenvalue weighted by molar-refractivity contribution is 0.943. The Labute approximate surface area is 149 Å². The van der Waals surface area contributed by atoms with Gasteiger partial charge in [-0.3, -0.25) is 0 Å². The standard InChI is InChI=1S/C16H18N6S2/c1-10-11(2)24-15(19-10)9-17-16-20-14(8-18-21-16)12-6-4-5-7-13(12)22-23-3/h4-8,22H,9H2,1-3H3,(H,17,20,21). The van der Waals surface area contributed by atoms with Crippen LogP contribution in [0.25, 0.3) is 11.3 Å². The molecule has 0 amide bonds. The molecule has 0 radical (unpaired) electrons. The van der Waals surface area contributed by atoms with Gasteiger partial charge in [0.2, 0.25) is 5.95 Å². The third kappa shape index (κ3) is 3.82. The second-order valence-corrected chi connectivity index (χ2v) is 7.02. The van der Waals surface area contributed by atoms with E-state index in [1.807, 2.05) is 37.4 Å². The first kappa shape index (κ1) is 16.7. The van der Waals surface area contributed by atoms with Gasteiger partial charge >= 0.3 is 0 Å². The number of nitrogens with zero attached hydrogens (tertiary/aromatic N) is 4. The molecule has 0 aliphatic carbocycles. The molecule has 0 unspecified atom stereocenters. The SMILES string of the molecule is CSNc1ccccc1-c1cnnc(NCc2nc(C)c(C)s2)n1. The van der Waals surface area contributed by atoms with Gasteiger partial charge in [0.1, 0.15) is 5.01 Å². The molecule has 1 aromatic carbocycles. The number of anilines is 2. The van der Waals surface area contributed by atoms with E-state index >= 15 is 0 Å². The van der Waals surface area contributed by atoms with Crippen molar-refractivity contribution in [1.82, 2.24) is 20.2 Å². The van der Waals surface area contributed by atoms with Gasteiger partial charge in [-0.1, -0.05) is 30.1 Å². The van der Waals surface area contributed by atoms with Gasteiger partial charge < -0.3 is 10.0 Å².